The molecule has 0 atom stereocenters. The van der Waals surface area contributed by atoms with E-state index < -0.39 is 0 Å². The third kappa shape index (κ3) is 2.32. The third-order valence-electron chi connectivity index (χ3n) is 3.37. The van der Waals surface area contributed by atoms with E-state index in [2.05, 4.69) is 31.1 Å². The fraction of sp³-hybridized carbons (Fsp3) is 0.385. The maximum atomic E-state index is 13.3. The minimum absolute atomic E-state index is 0.286. The Morgan fingerprint density at radius 1 is 1.22 bits per heavy atom. The van der Waals surface area contributed by atoms with Crippen molar-refractivity contribution in [1.82, 2.24) is 15.2 Å². The molecule has 5 heteroatoms. The largest absolute Gasteiger partial charge is 0.262 e. The normalized spacial score (nSPS) is 16.3. The lowest BCUT2D eigenvalue weighted by atomic mass is 10.1. The van der Waals surface area contributed by atoms with Crippen LogP contribution in [-0.2, 0) is 0 Å². The molecule has 0 bridgehead atoms. The summed E-state index contributed by atoms with van der Waals surface area (Å²) < 4.78 is 14.0. The van der Waals surface area contributed by atoms with E-state index in [1.165, 1.54) is 37.8 Å². The quantitative estimate of drug-likeness (QED) is 0.910. The van der Waals surface area contributed by atoms with Gasteiger partial charge in [0.05, 0.1) is 0 Å². The Bertz CT molecular complexity index is 541. The lowest BCUT2D eigenvalue weighted by Gasteiger charge is -2.02. The van der Waals surface area contributed by atoms with Gasteiger partial charge in [-0.15, -0.1) is 0 Å². The van der Waals surface area contributed by atoms with Gasteiger partial charge in [-0.05, 0) is 31.0 Å². The number of aromatic nitrogens is 3. The monoisotopic (exact) mass is 309 g/mol. The molecule has 0 aliphatic heterocycles. The summed E-state index contributed by atoms with van der Waals surface area (Å²) in [5.74, 6) is 1.70. The highest BCUT2D eigenvalue weighted by Gasteiger charge is 2.21. The molecule has 1 fully saturated rings. The topological polar surface area (TPSA) is 41.6 Å². The molecule has 0 unspecified atom stereocenters. The molecule has 1 saturated carbocycles. The summed E-state index contributed by atoms with van der Waals surface area (Å²) in [7, 11) is 0. The molecule has 1 aromatic carbocycles. The van der Waals surface area contributed by atoms with Crippen molar-refractivity contribution in [3.63, 3.8) is 0 Å². The minimum atomic E-state index is -0.286. The minimum Gasteiger partial charge on any atom is -0.262 e. The highest BCUT2D eigenvalue weighted by Crippen LogP contribution is 2.33. The fourth-order valence-corrected chi connectivity index (χ4v) is 2.93. The molecule has 94 valence electrons. The van der Waals surface area contributed by atoms with E-state index in [4.69, 9.17) is 0 Å². The van der Waals surface area contributed by atoms with Gasteiger partial charge in [-0.3, -0.25) is 5.10 Å². The first-order chi connectivity index (χ1) is 8.72. The average molecular weight is 310 g/mol. The first-order valence-electron chi connectivity index (χ1n) is 6.11. The van der Waals surface area contributed by atoms with Gasteiger partial charge in [-0.25, -0.2) is 9.37 Å². The molecule has 1 N–H and O–H groups in total. The van der Waals surface area contributed by atoms with E-state index in [-0.39, 0.29) is 5.82 Å². The van der Waals surface area contributed by atoms with Crippen LogP contribution in [0.3, 0.4) is 0 Å². The van der Waals surface area contributed by atoms with Crippen molar-refractivity contribution in [2.24, 2.45) is 0 Å². The number of hydrogen-bond donors (Lipinski definition) is 1. The third-order valence-corrected chi connectivity index (χ3v) is 3.82. The van der Waals surface area contributed by atoms with Crippen LogP contribution < -0.4 is 0 Å². The van der Waals surface area contributed by atoms with Crippen LogP contribution in [-0.4, -0.2) is 15.2 Å². The summed E-state index contributed by atoms with van der Waals surface area (Å²) >= 11 is 3.28. The molecule has 0 saturated heterocycles. The Balaban J connectivity index is 1.92. The van der Waals surface area contributed by atoms with Gasteiger partial charge in [0, 0.05) is 16.0 Å². The van der Waals surface area contributed by atoms with Gasteiger partial charge in [-0.1, -0.05) is 28.8 Å². The van der Waals surface area contributed by atoms with Gasteiger partial charge >= 0.3 is 0 Å². The Kier molecular flexibility index (Phi) is 3.16. The molecule has 3 nitrogen and oxygen atoms in total. The molecule has 18 heavy (non-hydrogen) atoms. The molecule has 3 rings (SSSR count). The molecule has 1 aliphatic rings. The molecule has 2 aromatic rings. The molecular weight excluding hydrogens is 297 g/mol. The highest BCUT2D eigenvalue weighted by molar-refractivity contribution is 9.10. The van der Waals surface area contributed by atoms with Crippen molar-refractivity contribution >= 4 is 15.9 Å². The number of nitrogens with zero attached hydrogens (tertiary/aromatic N) is 2. The van der Waals surface area contributed by atoms with Crippen molar-refractivity contribution in [3.8, 4) is 11.4 Å². The van der Waals surface area contributed by atoms with E-state index in [1.807, 2.05) is 6.07 Å². The molecule has 1 heterocycles. The van der Waals surface area contributed by atoms with Gasteiger partial charge in [0.25, 0.3) is 0 Å². The number of aromatic amines is 1. The van der Waals surface area contributed by atoms with E-state index in [9.17, 15) is 4.39 Å². The number of H-pyrrole nitrogens is 1. The zero-order valence-electron chi connectivity index (χ0n) is 9.79. The second-order valence-corrected chi connectivity index (χ2v) is 5.60. The first-order valence-corrected chi connectivity index (χ1v) is 6.90. The van der Waals surface area contributed by atoms with Gasteiger partial charge in [0.2, 0.25) is 0 Å². The predicted octanol–water partition coefficient (Wildman–Crippen LogP) is 4.03. The van der Waals surface area contributed by atoms with Crippen molar-refractivity contribution in [2.75, 3.05) is 0 Å². The van der Waals surface area contributed by atoms with Crippen molar-refractivity contribution in [1.29, 1.82) is 0 Å². The van der Waals surface area contributed by atoms with E-state index in [0.29, 0.717) is 21.8 Å². The Hall–Kier alpha value is -1.23. The van der Waals surface area contributed by atoms with Crippen LogP contribution in [0.5, 0.6) is 0 Å². The predicted molar refractivity (Wildman–Crippen MR) is 70.7 cm³/mol. The van der Waals surface area contributed by atoms with Crippen LogP contribution in [0.15, 0.2) is 22.7 Å². The maximum Gasteiger partial charge on any atom is 0.181 e. The van der Waals surface area contributed by atoms with Crippen LogP contribution >= 0.6 is 15.9 Å². The molecule has 1 aliphatic carbocycles. The number of benzene rings is 1. The maximum absolute atomic E-state index is 13.3. The van der Waals surface area contributed by atoms with Gasteiger partial charge in [-0.2, -0.15) is 5.10 Å². The van der Waals surface area contributed by atoms with E-state index in [0.717, 1.165) is 5.82 Å². The fourth-order valence-electron chi connectivity index (χ4n) is 2.47. The van der Waals surface area contributed by atoms with E-state index >= 15 is 0 Å². The second-order valence-electron chi connectivity index (χ2n) is 4.68. The highest BCUT2D eigenvalue weighted by atomic mass is 79.9. The van der Waals surface area contributed by atoms with Crippen LogP contribution in [0.4, 0.5) is 4.39 Å². The summed E-state index contributed by atoms with van der Waals surface area (Å²) in [6.07, 6.45) is 4.85. The molecule has 0 amide bonds. The van der Waals surface area contributed by atoms with Crippen LogP contribution in [0, 0.1) is 5.82 Å². The number of nitrogens with one attached hydrogen (secondary N) is 1. The van der Waals surface area contributed by atoms with Gasteiger partial charge < -0.3 is 0 Å². The number of hydrogen-bond acceptors (Lipinski definition) is 2. The number of halogens is 2. The summed E-state index contributed by atoms with van der Waals surface area (Å²) in [4.78, 5) is 4.49. The zero-order chi connectivity index (χ0) is 12.5. The van der Waals surface area contributed by atoms with Crippen LogP contribution in [0.1, 0.15) is 37.4 Å². The summed E-state index contributed by atoms with van der Waals surface area (Å²) in [6.45, 7) is 0. The Morgan fingerprint density at radius 3 is 2.72 bits per heavy atom. The van der Waals surface area contributed by atoms with Crippen molar-refractivity contribution in [2.45, 2.75) is 31.6 Å². The SMILES string of the molecule is Fc1cc(Br)cc(-c2n[nH]c(C3CCCC3)n2)c1. The molecule has 1 aromatic heterocycles. The van der Waals surface area contributed by atoms with Gasteiger partial charge in [0.15, 0.2) is 5.82 Å². The average Bonchev–Trinajstić information content (AvgIpc) is 2.99. The van der Waals surface area contributed by atoms with Crippen LogP contribution in [0.2, 0.25) is 0 Å². The second kappa shape index (κ2) is 4.80. The molecule has 0 spiro atoms. The first kappa shape index (κ1) is 11.8. The smallest absolute Gasteiger partial charge is 0.181 e. The zero-order valence-corrected chi connectivity index (χ0v) is 11.4. The molecule has 0 radical (unpaired) electrons. The van der Waals surface area contributed by atoms with Crippen molar-refractivity contribution < 1.29 is 4.39 Å². The van der Waals surface area contributed by atoms with Crippen LogP contribution in [0.25, 0.3) is 11.4 Å². The van der Waals surface area contributed by atoms with Gasteiger partial charge in [0.1, 0.15) is 11.6 Å². The summed E-state index contributed by atoms with van der Waals surface area (Å²) in [6, 6.07) is 4.70. The number of rotatable bonds is 2. The Labute approximate surface area is 113 Å². The Morgan fingerprint density at radius 2 is 2.00 bits per heavy atom. The standard InChI is InChI=1S/C13H13BrFN3/c14-10-5-9(6-11(15)7-10)13-16-12(17-18-13)8-3-1-2-4-8/h5-8H,1-4H2,(H,16,17,18). The molecular formula is C13H13BrFN3. The van der Waals surface area contributed by atoms with E-state index in [1.54, 1.807) is 0 Å². The van der Waals surface area contributed by atoms with Crippen molar-refractivity contribution in [3.05, 3.63) is 34.3 Å². The summed E-state index contributed by atoms with van der Waals surface area (Å²) in [5.41, 5.74) is 0.697. The lowest BCUT2D eigenvalue weighted by molar-refractivity contribution is 0.627. The summed E-state index contributed by atoms with van der Waals surface area (Å²) in [5, 5.41) is 7.18. The lowest BCUT2D eigenvalue weighted by Crippen LogP contribution is -1.94.